The van der Waals surface area contributed by atoms with E-state index in [1.807, 2.05) is 18.2 Å². The zero-order valence-corrected chi connectivity index (χ0v) is 8.98. The molecule has 2 nitrogen and oxygen atoms in total. The van der Waals surface area contributed by atoms with Gasteiger partial charge in [0.15, 0.2) is 0 Å². The minimum Gasteiger partial charge on any atom is -0.465 e. The first-order valence-corrected chi connectivity index (χ1v) is 5.52. The van der Waals surface area contributed by atoms with Gasteiger partial charge in [-0.25, -0.2) is 0 Å². The molecule has 1 aliphatic heterocycles. The van der Waals surface area contributed by atoms with Crippen molar-refractivity contribution >= 4 is 5.97 Å². The number of benzene rings is 1. The summed E-state index contributed by atoms with van der Waals surface area (Å²) in [6.45, 7) is 2.64. The molecule has 0 radical (unpaired) electrons. The molecule has 1 aliphatic rings. The maximum absolute atomic E-state index is 11.4. The lowest BCUT2D eigenvalue weighted by Gasteiger charge is -2.12. The Labute approximate surface area is 90.3 Å². The summed E-state index contributed by atoms with van der Waals surface area (Å²) in [6.07, 6.45) is 1.83. The highest BCUT2D eigenvalue weighted by atomic mass is 16.5. The minimum absolute atomic E-state index is 0.0153. The molecule has 0 saturated carbocycles. The molecule has 0 aliphatic carbocycles. The molecule has 1 saturated heterocycles. The molecule has 2 rings (SSSR count). The van der Waals surface area contributed by atoms with E-state index in [2.05, 4.69) is 19.1 Å². The van der Waals surface area contributed by atoms with E-state index in [1.165, 1.54) is 5.56 Å². The standard InChI is InChI=1S/C13H16O2/c1-2-12-11(9-15-13(12)14)8-10-6-4-3-5-7-10/h3-7,11-12H,2,8-9H2,1H3. The van der Waals surface area contributed by atoms with E-state index in [1.54, 1.807) is 0 Å². The summed E-state index contributed by atoms with van der Waals surface area (Å²) in [5, 5.41) is 0. The van der Waals surface area contributed by atoms with E-state index < -0.39 is 0 Å². The largest absolute Gasteiger partial charge is 0.465 e. The second kappa shape index (κ2) is 4.47. The molecule has 15 heavy (non-hydrogen) atoms. The fourth-order valence-corrected chi connectivity index (χ4v) is 2.22. The second-order valence-corrected chi connectivity index (χ2v) is 4.09. The Morgan fingerprint density at radius 3 is 2.73 bits per heavy atom. The Morgan fingerprint density at radius 1 is 1.33 bits per heavy atom. The molecule has 1 aromatic rings. The van der Waals surface area contributed by atoms with Crippen molar-refractivity contribution in [3.63, 3.8) is 0 Å². The van der Waals surface area contributed by atoms with Crippen LogP contribution < -0.4 is 0 Å². The molecular weight excluding hydrogens is 188 g/mol. The van der Waals surface area contributed by atoms with Gasteiger partial charge in [-0.05, 0) is 18.4 Å². The third-order valence-corrected chi connectivity index (χ3v) is 3.09. The number of carbonyl (C=O) groups excluding carboxylic acids is 1. The second-order valence-electron chi connectivity index (χ2n) is 4.09. The molecule has 1 fully saturated rings. The summed E-state index contributed by atoms with van der Waals surface area (Å²) in [7, 11) is 0. The van der Waals surface area contributed by atoms with Gasteiger partial charge in [0, 0.05) is 5.92 Å². The first-order valence-electron chi connectivity index (χ1n) is 5.52. The summed E-state index contributed by atoms with van der Waals surface area (Å²) >= 11 is 0. The normalized spacial score (nSPS) is 25.3. The molecule has 0 N–H and O–H groups in total. The van der Waals surface area contributed by atoms with E-state index in [0.29, 0.717) is 12.5 Å². The van der Waals surface area contributed by atoms with Crippen LogP contribution in [0.2, 0.25) is 0 Å². The van der Waals surface area contributed by atoms with E-state index >= 15 is 0 Å². The Balaban J connectivity index is 2.04. The van der Waals surface area contributed by atoms with Crippen molar-refractivity contribution in [1.82, 2.24) is 0 Å². The minimum atomic E-state index is -0.0153. The van der Waals surface area contributed by atoms with Crippen LogP contribution in [-0.2, 0) is 16.0 Å². The van der Waals surface area contributed by atoms with Crippen molar-refractivity contribution in [2.24, 2.45) is 11.8 Å². The molecule has 1 heterocycles. The van der Waals surface area contributed by atoms with Crippen molar-refractivity contribution in [1.29, 1.82) is 0 Å². The van der Waals surface area contributed by atoms with Crippen LogP contribution in [0.1, 0.15) is 18.9 Å². The molecule has 0 amide bonds. The smallest absolute Gasteiger partial charge is 0.309 e. The summed E-state index contributed by atoms with van der Waals surface area (Å²) in [5.74, 6) is 0.452. The molecule has 0 aromatic heterocycles. The molecule has 0 bridgehead atoms. The van der Waals surface area contributed by atoms with Gasteiger partial charge in [-0.1, -0.05) is 37.3 Å². The van der Waals surface area contributed by atoms with Gasteiger partial charge in [-0.3, -0.25) is 4.79 Å². The predicted octanol–water partition coefficient (Wildman–Crippen LogP) is 2.43. The van der Waals surface area contributed by atoms with Crippen molar-refractivity contribution in [3.8, 4) is 0 Å². The van der Waals surface area contributed by atoms with E-state index in [-0.39, 0.29) is 11.9 Å². The van der Waals surface area contributed by atoms with Crippen LogP contribution in [0.4, 0.5) is 0 Å². The lowest BCUT2D eigenvalue weighted by molar-refractivity contribution is -0.141. The molecule has 80 valence electrons. The van der Waals surface area contributed by atoms with Crippen LogP contribution >= 0.6 is 0 Å². The highest BCUT2D eigenvalue weighted by Crippen LogP contribution is 2.28. The summed E-state index contributed by atoms with van der Waals surface area (Å²) in [5.41, 5.74) is 1.29. The first-order chi connectivity index (χ1) is 7.31. The third kappa shape index (κ3) is 2.20. The number of hydrogen-bond acceptors (Lipinski definition) is 2. The number of ether oxygens (including phenoxy) is 1. The molecule has 2 atom stereocenters. The maximum atomic E-state index is 11.4. The SMILES string of the molecule is CCC1C(=O)OCC1Cc1ccccc1. The van der Waals surface area contributed by atoms with Crippen LogP contribution in [0, 0.1) is 11.8 Å². The van der Waals surface area contributed by atoms with E-state index in [0.717, 1.165) is 12.8 Å². The number of rotatable bonds is 3. The van der Waals surface area contributed by atoms with Gasteiger partial charge >= 0.3 is 5.97 Å². The maximum Gasteiger partial charge on any atom is 0.309 e. The van der Waals surface area contributed by atoms with E-state index in [4.69, 9.17) is 4.74 Å². The first kappa shape index (κ1) is 10.2. The summed E-state index contributed by atoms with van der Waals surface area (Å²) < 4.78 is 5.10. The molecular formula is C13H16O2. The zero-order valence-electron chi connectivity index (χ0n) is 8.98. The third-order valence-electron chi connectivity index (χ3n) is 3.09. The fourth-order valence-electron chi connectivity index (χ4n) is 2.22. The van der Waals surface area contributed by atoms with Gasteiger partial charge in [-0.2, -0.15) is 0 Å². The molecule has 2 unspecified atom stereocenters. The molecule has 0 spiro atoms. The van der Waals surface area contributed by atoms with Crippen molar-refractivity contribution in [3.05, 3.63) is 35.9 Å². The summed E-state index contributed by atoms with van der Waals surface area (Å²) in [4.78, 5) is 11.4. The van der Waals surface area contributed by atoms with Crippen LogP contribution in [0.25, 0.3) is 0 Å². The number of cyclic esters (lactones) is 1. The van der Waals surface area contributed by atoms with E-state index in [9.17, 15) is 4.79 Å². The highest BCUT2D eigenvalue weighted by Gasteiger charge is 2.35. The topological polar surface area (TPSA) is 26.3 Å². The summed E-state index contributed by atoms with van der Waals surface area (Å²) in [6, 6.07) is 10.3. The van der Waals surface area contributed by atoms with Crippen LogP contribution in [0.5, 0.6) is 0 Å². The van der Waals surface area contributed by atoms with Gasteiger partial charge < -0.3 is 4.74 Å². The van der Waals surface area contributed by atoms with Crippen LogP contribution in [-0.4, -0.2) is 12.6 Å². The fraction of sp³-hybridized carbons (Fsp3) is 0.462. The average molecular weight is 204 g/mol. The number of carbonyl (C=O) groups is 1. The monoisotopic (exact) mass is 204 g/mol. The predicted molar refractivity (Wildman–Crippen MR) is 58.4 cm³/mol. The lowest BCUT2D eigenvalue weighted by Crippen LogP contribution is -2.17. The van der Waals surface area contributed by atoms with Crippen LogP contribution in [0.3, 0.4) is 0 Å². The number of esters is 1. The lowest BCUT2D eigenvalue weighted by atomic mass is 9.88. The molecule has 1 aromatic carbocycles. The highest BCUT2D eigenvalue weighted by molar-refractivity contribution is 5.74. The van der Waals surface area contributed by atoms with Crippen molar-refractivity contribution in [2.45, 2.75) is 19.8 Å². The van der Waals surface area contributed by atoms with Crippen LogP contribution in [0.15, 0.2) is 30.3 Å². The Bertz CT molecular complexity index is 332. The Hall–Kier alpha value is -1.31. The van der Waals surface area contributed by atoms with Gasteiger partial charge in [0.2, 0.25) is 0 Å². The average Bonchev–Trinajstić information content (AvgIpc) is 2.61. The van der Waals surface area contributed by atoms with Crippen molar-refractivity contribution in [2.75, 3.05) is 6.61 Å². The van der Waals surface area contributed by atoms with Gasteiger partial charge in [0.25, 0.3) is 0 Å². The van der Waals surface area contributed by atoms with Gasteiger partial charge in [0.1, 0.15) is 0 Å². The van der Waals surface area contributed by atoms with Crippen molar-refractivity contribution < 1.29 is 9.53 Å². The number of hydrogen-bond donors (Lipinski definition) is 0. The molecule has 2 heteroatoms. The van der Waals surface area contributed by atoms with Gasteiger partial charge in [0.05, 0.1) is 12.5 Å². The van der Waals surface area contributed by atoms with Gasteiger partial charge in [-0.15, -0.1) is 0 Å². The quantitative estimate of drug-likeness (QED) is 0.707. The Morgan fingerprint density at radius 2 is 2.07 bits per heavy atom. The zero-order chi connectivity index (χ0) is 10.7. The Kier molecular flexibility index (Phi) is 3.05.